The van der Waals surface area contributed by atoms with Crippen molar-refractivity contribution < 1.29 is 13.6 Å². The van der Waals surface area contributed by atoms with Crippen LogP contribution in [0.25, 0.3) is 16.8 Å². The van der Waals surface area contributed by atoms with Crippen LogP contribution in [0.3, 0.4) is 0 Å². The fraction of sp³-hybridized carbons (Fsp3) is 0.276. The molecule has 0 radical (unpaired) electrons. The number of carbonyl (C=O) groups excluding carboxylic acids is 1. The summed E-state index contributed by atoms with van der Waals surface area (Å²) in [6, 6.07) is 10.5. The van der Waals surface area contributed by atoms with Crippen LogP contribution < -0.4 is 5.32 Å². The number of aromatic amines is 1. The maximum atomic E-state index is 14.5. The Kier molecular flexibility index (Phi) is 6.17. The molecule has 0 bridgehead atoms. The van der Waals surface area contributed by atoms with Crippen LogP contribution in [0.15, 0.2) is 64.8 Å². The molecule has 1 spiro atoms. The molecular weight excluding hydrogens is 500 g/mol. The molecule has 2 aromatic heterocycles. The third kappa shape index (κ3) is 4.89. The molecule has 0 aliphatic heterocycles. The standard InChI is InChI=1S/C29H27F2N7O/c1-32-25(24-27(33-2)37-26(36-24)19-12-29(13-19)7-8-29)28(39)34-14-17-9-18(11-22(31)10-17)20-15-35-38(16-20)23-5-3-21(30)4-6-23/h3-6,9-11,15-16,19H,2,7-8,12-14H2,1H3,(H,34,39)(H,36,37)/b32-25+. The number of nitrogens with one attached hydrogen (secondary N) is 2. The molecule has 2 aromatic carbocycles. The maximum absolute atomic E-state index is 14.5. The Morgan fingerprint density at radius 3 is 2.62 bits per heavy atom. The van der Waals surface area contributed by atoms with Crippen molar-refractivity contribution in [2.24, 2.45) is 15.4 Å². The van der Waals surface area contributed by atoms with Gasteiger partial charge in [-0.1, -0.05) is 0 Å². The van der Waals surface area contributed by atoms with E-state index in [9.17, 15) is 13.6 Å². The van der Waals surface area contributed by atoms with Crippen molar-refractivity contribution in [2.75, 3.05) is 7.05 Å². The summed E-state index contributed by atoms with van der Waals surface area (Å²) in [7, 11) is 1.53. The third-order valence-corrected chi connectivity index (χ3v) is 7.65. The topological polar surface area (TPSA) is 100 Å². The summed E-state index contributed by atoms with van der Waals surface area (Å²) < 4.78 is 29.4. The van der Waals surface area contributed by atoms with E-state index in [2.05, 4.69) is 37.1 Å². The predicted octanol–water partition coefficient (Wildman–Crippen LogP) is 5.27. The minimum atomic E-state index is -0.444. The van der Waals surface area contributed by atoms with Gasteiger partial charge in [-0.05, 0) is 91.4 Å². The summed E-state index contributed by atoms with van der Waals surface area (Å²) in [4.78, 5) is 29.2. The van der Waals surface area contributed by atoms with E-state index in [-0.39, 0.29) is 18.1 Å². The molecule has 198 valence electrons. The first-order valence-electron chi connectivity index (χ1n) is 12.8. The molecule has 10 heteroatoms. The van der Waals surface area contributed by atoms with Crippen molar-refractivity contribution in [1.29, 1.82) is 0 Å². The van der Waals surface area contributed by atoms with Gasteiger partial charge in [0.25, 0.3) is 5.91 Å². The molecule has 2 N–H and O–H groups in total. The lowest BCUT2D eigenvalue weighted by Crippen LogP contribution is -2.31. The van der Waals surface area contributed by atoms with Crippen LogP contribution in [0.1, 0.15) is 48.7 Å². The van der Waals surface area contributed by atoms with E-state index in [4.69, 9.17) is 0 Å². The molecule has 8 nitrogen and oxygen atoms in total. The van der Waals surface area contributed by atoms with E-state index >= 15 is 0 Å². The van der Waals surface area contributed by atoms with Gasteiger partial charge in [-0.15, -0.1) is 0 Å². The van der Waals surface area contributed by atoms with Gasteiger partial charge >= 0.3 is 0 Å². The minimum absolute atomic E-state index is 0.0811. The number of H-pyrrole nitrogens is 1. The monoisotopic (exact) mass is 527 g/mol. The van der Waals surface area contributed by atoms with Gasteiger partial charge in [0.1, 0.15) is 28.9 Å². The molecule has 2 aliphatic carbocycles. The van der Waals surface area contributed by atoms with Crippen LogP contribution in [0.4, 0.5) is 14.6 Å². The average molecular weight is 528 g/mol. The van der Waals surface area contributed by atoms with Crippen molar-refractivity contribution in [3.63, 3.8) is 0 Å². The highest BCUT2D eigenvalue weighted by molar-refractivity contribution is 6.45. The smallest absolute Gasteiger partial charge is 0.272 e. The number of hydrogen-bond acceptors (Lipinski definition) is 5. The second kappa shape index (κ2) is 9.68. The molecule has 2 saturated carbocycles. The Hall–Kier alpha value is -4.47. The lowest BCUT2D eigenvalue weighted by Gasteiger charge is -2.34. The number of amides is 1. The van der Waals surface area contributed by atoms with E-state index in [0.717, 1.165) is 18.7 Å². The fourth-order valence-electron chi connectivity index (χ4n) is 5.34. The zero-order chi connectivity index (χ0) is 27.1. The van der Waals surface area contributed by atoms with E-state index in [1.807, 2.05) is 0 Å². The number of aliphatic imine (C=N–C) groups is 2. The molecule has 2 fully saturated rings. The normalized spacial score (nSPS) is 16.2. The van der Waals surface area contributed by atoms with E-state index in [0.29, 0.717) is 45.2 Å². The predicted molar refractivity (Wildman–Crippen MR) is 145 cm³/mol. The number of carbonyl (C=O) groups is 1. The van der Waals surface area contributed by atoms with Crippen LogP contribution in [0.2, 0.25) is 0 Å². The van der Waals surface area contributed by atoms with Gasteiger partial charge in [-0.3, -0.25) is 9.79 Å². The number of benzene rings is 2. The fourth-order valence-corrected chi connectivity index (χ4v) is 5.34. The Balaban J connectivity index is 1.16. The molecule has 39 heavy (non-hydrogen) atoms. The number of rotatable bonds is 8. The van der Waals surface area contributed by atoms with Gasteiger partial charge in [0.2, 0.25) is 0 Å². The summed E-state index contributed by atoms with van der Waals surface area (Å²) in [5, 5.41) is 7.14. The van der Waals surface area contributed by atoms with E-state index in [1.165, 1.54) is 44.2 Å². The lowest BCUT2D eigenvalue weighted by molar-refractivity contribution is -0.114. The summed E-state index contributed by atoms with van der Waals surface area (Å²) in [6.07, 6.45) is 8.12. The summed E-state index contributed by atoms with van der Waals surface area (Å²) in [6.45, 7) is 3.69. The highest BCUT2D eigenvalue weighted by Gasteiger charge is 2.54. The van der Waals surface area contributed by atoms with Crippen LogP contribution in [-0.2, 0) is 11.3 Å². The van der Waals surface area contributed by atoms with Crippen LogP contribution >= 0.6 is 0 Å². The second-order valence-electron chi connectivity index (χ2n) is 10.3. The van der Waals surface area contributed by atoms with Crippen molar-refractivity contribution in [2.45, 2.75) is 38.1 Å². The van der Waals surface area contributed by atoms with Gasteiger partial charge < -0.3 is 10.3 Å². The van der Waals surface area contributed by atoms with Crippen LogP contribution in [-0.4, -0.2) is 45.1 Å². The van der Waals surface area contributed by atoms with Gasteiger partial charge in [-0.2, -0.15) is 5.10 Å². The SMILES string of the molecule is C=Nc1nc(C2CC3(CC3)C2)[nH]c1/C(=N\C)C(=O)NCc1cc(F)cc(-c2cnn(-c3ccc(F)cc3)c2)c1. The first kappa shape index (κ1) is 24.8. The first-order valence-corrected chi connectivity index (χ1v) is 12.8. The third-order valence-electron chi connectivity index (χ3n) is 7.65. The number of hydrogen-bond donors (Lipinski definition) is 2. The summed E-state index contributed by atoms with van der Waals surface area (Å²) >= 11 is 0. The maximum Gasteiger partial charge on any atom is 0.272 e. The molecule has 2 aliphatic rings. The van der Waals surface area contributed by atoms with Crippen LogP contribution in [0, 0.1) is 17.0 Å². The molecular formula is C29H27F2N7O. The molecule has 0 atom stereocenters. The minimum Gasteiger partial charge on any atom is -0.347 e. The Morgan fingerprint density at radius 1 is 1.15 bits per heavy atom. The highest BCUT2D eigenvalue weighted by atomic mass is 19.1. The molecule has 6 rings (SSSR count). The zero-order valence-electron chi connectivity index (χ0n) is 21.4. The molecule has 2 heterocycles. The van der Waals surface area contributed by atoms with Crippen molar-refractivity contribution in [3.8, 4) is 16.8 Å². The quantitative estimate of drug-likeness (QED) is 0.306. The Labute approximate surface area is 223 Å². The molecule has 0 unspecified atom stereocenters. The van der Waals surface area contributed by atoms with Crippen molar-refractivity contribution >= 4 is 24.2 Å². The number of imidazole rings is 1. The van der Waals surface area contributed by atoms with Crippen molar-refractivity contribution in [1.82, 2.24) is 25.1 Å². The lowest BCUT2D eigenvalue weighted by atomic mass is 9.71. The molecule has 1 amide bonds. The summed E-state index contributed by atoms with van der Waals surface area (Å²) in [5.74, 6) is 0.286. The average Bonchev–Trinajstić information content (AvgIpc) is 3.37. The van der Waals surface area contributed by atoms with Gasteiger partial charge in [0.15, 0.2) is 5.82 Å². The molecule has 4 aromatic rings. The van der Waals surface area contributed by atoms with Gasteiger partial charge in [0, 0.05) is 31.3 Å². The number of aromatic nitrogens is 4. The Morgan fingerprint density at radius 2 is 1.92 bits per heavy atom. The first-order chi connectivity index (χ1) is 18.9. The highest BCUT2D eigenvalue weighted by Crippen LogP contribution is 2.65. The molecule has 0 saturated heterocycles. The Bertz CT molecular complexity index is 1590. The van der Waals surface area contributed by atoms with Gasteiger partial charge in [-0.25, -0.2) is 23.4 Å². The van der Waals surface area contributed by atoms with Gasteiger partial charge in [0.05, 0.1) is 11.9 Å². The van der Waals surface area contributed by atoms with Crippen LogP contribution in [0.5, 0.6) is 0 Å². The van der Waals surface area contributed by atoms with Crippen molar-refractivity contribution in [3.05, 3.63) is 83.6 Å². The number of halogens is 2. The second-order valence-corrected chi connectivity index (χ2v) is 10.3. The zero-order valence-corrected chi connectivity index (χ0v) is 21.4. The van der Waals surface area contributed by atoms with E-state index < -0.39 is 11.7 Å². The largest absolute Gasteiger partial charge is 0.347 e. The summed E-state index contributed by atoms with van der Waals surface area (Å²) in [5.41, 5.74) is 3.64. The van der Waals surface area contributed by atoms with E-state index in [1.54, 1.807) is 35.3 Å². The number of nitrogens with zero attached hydrogens (tertiary/aromatic N) is 5.